The second kappa shape index (κ2) is 11.8. The average Bonchev–Trinajstić information content (AvgIpc) is 3.57. The minimum absolute atomic E-state index is 0. The fourth-order valence-electron chi connectivity index (χ4n) is 3.93. The number of aliphatic carboxylic acids is 1. The fourth-order valence-corrected chi connectivity index (χ4v) is 4.68. The van der Waals surface area contributed by atoms with Crippen LogP contribution in [0.25, 0.3) is 21.6 Å². The number of aromatic nitrogens is 1. The van der Waals surface area contributed by atoms with Gasteiger partial charge in [0.1, 0.15) is 6.61 Å². The number of nitrogens with one attached hydrogen (secondary N) is 1. The molecule has 1 heterocycles. The molecule has 8 heteroatoms. The Morgan fingerprint density at radius 3 is 2.08 bits per heavy atom. The molecule has 0 bridgehead atoms. The van der Waals surface area contributed by atoms with Crippen molar-refractivity contribution < 1.29 is 49.0 Å². The van der Waals surface area contributed by atoms with Crippen molar-refractivity contribution in [3.05, 3.63) is 95.5 Å². The van der Waals surface area contributed by atoms with Crippen molar-refractivity contribution in [2.45, 2.75) is 32.3 Å². The van der Waals surface area contributed by atoms with Gasteiger partial charge in [-0.3, -0.25) is 5.32 Å². The summed E-state index contributed by atoms with van der Waals surface area (Å²) in [5.41, 5.74) is 5.51. The van der Waals surface area contributed by atoms with Gasteiger partial charge in [-0.1, -0.05) is 86.3 Å². The number of amides is 1. The minimum atomic E-state index is -0.998. The first-order valence-electron chi connectivity index (χ1n) is 10.9. The van der Waals surface area contributed by atoms with Crippen LogP contribution < -0.4 is 40.0 Å². The van der Waals surface area contributed by atoms with Crippen molar-refractivity contribution in [2.75, 3.05) is 5.32 Å². The summed E-state index contributed by atoms with van der Waals surface area (Å²) in [7, 11) is 0. The van der Waals surface area contributed by atoms with Crippen molar-refractivity contribution in [2.24, 2.45) is 0 Å². The van der Waals surface area contributed by atoms with Crippen LogP contribution in [0.1, 0.15) is 31.4 Å². The molecular formula is C28H25N2NaO4S. The predicted octanol–water partition coefficient (Wildman–Crippen LogP) is 2.65. The number of ether oxygens (including phenoxy) is 1. The zero-order valence-electron chi connectivity index (χ0n) is 19.2. The van der Waals surface area contributed by atoms with E-state index < -0.39 is 17.5 Å². The van der Waals surface area contributed by atoms with E-state index in [4.69, 9.17) is 4.74 Å². The molecule has 1 saturated carbocycles. The second-order valence-electron chi connectivity index (χ2n) is 8.24. The number of carboxylic acid groups (broad SMARTS) is 1. The monoisotopic (exact) mass is 508 g/mol. The van der Waals surface area contributed by atoms with Crippen LogP contribution in [-0.4, -0.2) is 17.0 Å². The van der Waals surface area contributed by atoms with Gasteiger partial charge in [-0.05, 0) is 40.7 Å². The molecule has 0 radical (unpaired) electrons. The third-order valence-corrected chi connectivity index (χ3v) is 6.93. The summed E-state index contributed by atoms with van der Waals surface area (Å²) in [6.07, 6.45) is 0.709. The van der Waals surface area contributed by atoms with Crippen LogP contribution in [0.15, 0.2) is 84.4 Å². The SMILES string of the molecule is C.O=C(Nc1ncsc1-c1ccc(-c2ccc(C3(C(=O)[O-])CC3)cc2)cc1)OCc1ccccc1.[Na+]. The molecule has 3 aromatic carbocycles. The molecule has 1 N–H and O–H groups in total. The van der Waals surface area contributed by atoms with Crippen LogP contribution in [-0.2, 0) is 21.6 Å². The van der Waals surface area contributed by atoms with Crippen LogP contribution in [0.5, 0.6) is 0 Å². The van der Waals surface area contributed by atoms with E-state index in [1.807, 2.05) is 78.9 Å². The Balaban J connectivity index is 0.00000180. The first kappa shape index (κ1) is 27.6. The second-order valence-corrected chi connectivity index (χ2v) is 9.10. The molecule has 4 aromatic rings. The van der Waals surface area contributed by atoms with Crippen molar-refractivity contribution in [1.29, 1.82) is 0 Å². The van der Waals surface area contributed by atoms with Crippen LogP contribution in [0.3, 0.4) is 0 Å². The number of carboxylic acids is 1. The fraction of sp³-hybridized carbons (Fsp3) is 0.179. The number of carbonyl (C=O) groups is 2. The molecule has 1 aliphatic rings. The smallest absolute Gasteiger partial charge is 0.549 e. The van der Waals surface area contributed by atoms with E-state index in [9.17, 15) is 14.7 Å². The summed E-state index contributed by atoms with van der Waals surface area (Å²) in [6.45, 7) is 0.184. The molecule has 5 rings (SSSR count). The van der Waals surface area contributed by atoms with E-state index in [0.29, 0.717) is 18.7 Å². The summed E-state index contributed by atoms with van der Waals surface area (Å²) in [5, 5.41) is 14.2. The van der Waals surface area contributed by atoms with E-state index in [0.717, 1.165) is 32.7 Å². The molecule has 178 valence electrons. The summed E-state index contributed by atoms with van der Waals surface area (Å²) < 4.78 is 5.30. The Morgan fingerprint density at radius 1 is 0.917 bits per heavy atom. The summed E-state index contributed by atoms with van der Waals surface area (Å²) in [5.74, 6) is -0.542. The van der Waals surface area contributed by atoms with Crippen molar-refractivity contribution >= 4 is 29.2 Å². The van der Waals surface area contributed by atoms with Gasteiger partial charge in [0.25, 0.3) is 0 Å². The van der Waals surface area contributed by atoms with Crippen molar-refractivity contribution in [3.8, 4) is 21.6 Å². The molecule has 1 fully saturated rings. The molecule has 1 amide bonds. The van der Waals surface area contributed by atoms with Crippen LogP contribution in [0.2, 0.25) is 0 Å². The number of hydrogen-bond donors (Lipinski definition) is 1. The van der Waals surface area contributed by atoms with Gasteiger partial charge in [0.05, 0.1) is 16.4 Å². The summed E-state index contributed by atoms with van der Waals surface area (Å²) in [6, 6.07) is 25.0. The first-order chi connectivity index (χ1) is 16.5. The predicted molar refractivity (Wildman–Crippen MR) is 136 cm³/mol. The maximum atomic E-state index is 12.2. The van der Waals surface area contributed by atoms with Crippen molar-refractivity contribution in [1.82, 2.24) is 4.98 Å². The molecule has 0 aliphatic heterocycles. The van der Waals surface area contributed by atoms with Gasteiger partial charge in [0, 0.05) is 5.41 Å². The molecule has 0 spiro atoms. The number of thiazole rings is 1. The Kier molecular flexibility index (Phi) is 9.08. The number of hydrogen-bond acceptors (Lipinski definition) is 6. The van der Waals surface area contributed by atoms with Gasteiger partial charge >= 0.3 is 35.7 Å². The molecule has 0 saturated heterocycles. The van der Waals surface area contributed by atoms with Gasteiger partial charge < -0.3 is 14.6 Å². The van der Waals surface area contributed by atoms with Gasteiger partial charge in [0.15, 0.2) is 5.82 Å². The van der Waals surface area contributed by atoms with E-state index in [1.165, 1.54) is 11.3 Å². The first-order valence-corrected chi connectivity index (χ1v) is 11.8. The normalized spacial score (nSPS) is 13.0. The third kappa shape index (κ3) is 5.87. The topological polar surface area (TPSA) is 91.4 Å². The van der Waals surface area contributed by atoms with Crippen LogP contribution in [0.4, 0.5) is 10.6 Å². The average molecular weight is 509 g/mol. The van der Waals surface area contributed by atoms with Gasteiger partial charge in [0.2, 0.25) is 0 Å². The molecule has 1 aliphatic carbocycles. The Labute approximate surface area is 236 Å². The third-order valence-electron chi connectivity index (χ3n) is 6.06. The quantitative estimate of drug-likeness (QED) is 0.388. The van der Waals surface area contributed by atoms with E-state index in [-0.39, 0.29) is 43.6 Å². The number of benzene rings is 3. The van der Waals surface area contributed by atoms with E-state index in [1.54, 1.807) is 5.51 Å². The summed E-state index contributed by atoms with van der Waals surface area (Å²) >= 11 is 1.43. The Hall–Kier alpha value is -2.97. The maximum absolute atomic E-state index is 12.2. The number of carbonyl (C=O) groups excluding carboxylic acids is 2. The maximum Gasteiger partial charge on any atom is 1.00 e. The van der Waals surface area contributed by atoms with Crippen LogP contribution in [0, 0.1) is 0 Å². The molecule has 0 atom stereocenters. The zero-order valence-corrected chi connectivity index (χ0v) is 22.0. The van der Waals surface area contributed by atoms with Crippen LogP contribution >= 0.6 is 11.3 Å². The Bertz CT molecular complexity index is 1320. The molecular weight excluding hydrogens is 483 g/mol. The van der Waals surface area contributed by atoms with Crippen molar-refractivity contribution in [3.63, 3.8) is 0 Å². The van der Waals surface area contributed by atoms with E-state index >= 15 is 0 Å². The Morgan fingerprint density at radius 2 is 1.50 bits per heavy atom. The minimum Gasteiger partial charge on any atom is -0.549 e. The standard InChI is InChI=1S/C27H22N2O4S.CH4.Na/c30-25(31)27(14-15-27)22-12-10-20(11-13-22)19-6-8-21(9-7-19)23-24(28-17-34-23)29-26(32)33-16-18-4-2-1-3-5-18;;/h1-13,17H,14-16H2,(H,29,32)(H,30,31);1H4;/q;;+1/p-1. The largest absolute Gasteiger partial charge is 1.00 e. The van der Waals surface area contributed by atoms with Gasteiger partial charge in [-0.25, -0.2) is 9.78 Å². The molecule has 36 heavy (non-hydrogen) atoms. The number of anilines is 1. The number of nitrogens with zero attached hydrogens (tertiary/aromatic N) is 1. The van der Waals surface area contributed by atoms with Gasteiger partial charge in [-0.2, -0.15) is 0 Å². The van der Waals surface area contributed by atoms with E-state index in [2.05, 4.69) is 10.3 Å². The molecule has 1 aromatic heterocycles. The van der Waals surface area contributed by atoms with Gasteiger partial charge in [-0.15, -0.1) is 11.3 Å². The molecule has 0 unspecified atom stereocenters. The summed E-state index contributed by atoms with van der Waals surface area (Å²) in [4.78, 5) is 28.8. The molecule has 6 nitrogen and oxygen atoms in total. The zero-order chi connectivity index (χ0) is 23.5. The number of rotatable bonds is 7.